The zero-order chi connectivity index (χ0) is 21.8. The molecule has 5 heteroatoms. The highest BCUT2D eigenvalue weighted by atomic mass is 16.5. The largest absolute Gasteiger partial charge is 0.483 e. The van der Waals surface area contributed by atoms with Gasteiger partial charge < -0.3 is 14.4 Å². The first-order valence-corrected chi connectivity index (χ1v) is 11.8. The number of para-hydroxylation sites is 1. The third-order valence-electron chi connectivity index (χ3n) is 7.69. The molecule has 1 aromatic rings. The van der Waals surface area contributed by atoms with Gasteiger partial charge >= 0.3 is 0 Å². The molecular formula is C26H35NO4. The van der Waals surface area contributed by atoms with E-state index in [-0.39, 0.29) is 35.9 Å². The lowest BCUT2D eigenvalue weighted by Gasteiger charge is -2.48. The maximum atomic E-state index is 13.3. The Balaban J connectivity index is 1.60. The van der Waals surface area contributed by atoms with Crippen LogP contribution in [0.4, 0.5) is 0 Å². The Morgan fingerprint density at radius 1 is 1.26 bits per heavy atom. The highest BCUT2D eigenvalue weighted by Gasteiger charge is 2.43. The molecule has 5 rings (SSSR count). The third kappa shape index (κ3) is 4.87. The first-order valence-electron chi connectivity index (χ1n) is 11.8. The summed E-state index contributed by atoms with van der Waals surface area (Å²) in [6.45, 7) is 7.12. The van der Waals surface area contributed by atoms with Gasteiger partial charge in [-0.1, -0.05) is 31.7 Å². The lowest BCUT2D eigenvalue weighted by molar-refractivity contribution is -0.147. The van der Waals surface area contributed by atoms with Gasteiger partial charge in [-0.3, -0.25) is 9.59 Å². The van der Waals surface area contributed by atoms with Crippen molar-refractivity contribution in [1.29, 1.82) is 0 Å². The lowest BCUT2D eigenvalue weighted by atomic mass is 9.71. The molecule has 3 heterocycles. The average Bonchev–Trinajstić information content (AvgIpc) is 2.81. The molecule has 1 aromatic carbocycles. The topological polar surface area (TPSA) is 55.8 Å². The van der Waals surface area contributed by atoms with Gasteiger partial charge in [0.15, 0.2) is 12.4 Å². The van der Waals surface area contributed by atoms with Crippen LogP contribution in [-0.4, -0.2) is 48.5 Å². The summed E-state index contributed by atoms with van der Waals surface area (Å²) in [6, 6.07) is 8.13. The maximum absolute atomic E-state index is 13.3. The summed E-state index contributed by atoms with van der Waals surface area (Å²) in [4.78, 5) is 27.2. The van der Waals surface area contributed by atoms with Gasteiger partial charge in [0.05, 0.1) is 18.8 Å². The first-order chi connectivity index (χ1) is 15.0. The molecular weight excluding hydrogens is 390 g/mol. The predicted molar refractivity (Wildman–Crippen MR) is 120 cm³/mol. The number of amides is 1. The van der Waals surface area contributed by atoms with Crippen molar-refractivity contribution in [3.8, 4) is 5.75 Å². The van der Waals surface area contributed by atoms with Crippen LogP contribution < -0.4 is 4.74 Å². The van der Waals surface area contributed by atoms with Gasteiger partial charge in [0, 0.05) is 13.0 Å². The molecule has 0 radical (unpaired) electrons. The number of hydrogen-bond acceptors (Lipinski definition) is 4. The van der Waals surface area contributed by atoms with E-state index < -0.39 is 0 Å². The van der Waals surface area contributed by atoms with Gasteiger partial charge in [-0.2, -0.15) is 0 Å². The molecule has 2 bridgehead atoms. The minimum atomic E-state index is -0.151. The van der Waals surface area contributed by atoms with Crippen molar-refractivity contribution < 1.29 is 19.1 Å². The molecule has 31 heavy (non-hydrogen) atoms. The number of allylic oxidation sites excluding steroid dienone is 1. The number of ether oxygens (including phenoxy) is 2. The summed E-state index contributed by atoms with van der Waals surface area (Å²) in [6.07, 6.45) is 9.00. The van der Waals surface area contributed by atoms with E-state index in [4.69, 9.17) is 9.47 Å². The van der Waals surface area contributed by atoms with Crippen molar-refractivity contribution in [2.24, 2.45) is 5.41 Å². The summed E-state index contributed by atoms with van der Waals surface area (Å²) >= 11 is 0. The lowest BCUT2D eigenvalue weighted by Crippen LogP contribution is -2.57. The minimum Gasteiger partial charge on any atom is -0.483 e. The Kier molecular flexibility index (Phi) is 6.80. The van der Waals surface area contributed by atoms with Gasteiger partial charge in [-0.15, -0.1) is 0 Å². The number of ketones is 1. The molecule has 0 spiro atoms. The van der Waals surface area contributed by atoms with Crippen LogP contribution in [0.3, 0.4) is 0 Å². The molecule has 1 aliphatic carbocycles. The number of nitrogens with zero attached hydrogens (tertiary/aromatic N) is 1. The van der Waals surface area contributed by atoms with Gasteiger partial charge in [0.1, 0.15) is 5.75 Å². The fourth-order valence-corrected chi connectivity index (χ4v) is 5.68. The molecule has 0 N–H and O–H groups in total. The second-order valence-corrected chi connectivity index (χ2v) is 9.66. The van der Waals surface area contributed by atoms with E-state index in [1.807, 2.05) is 17.0 Å². The minimum absolute atomic E-state index is 0.0102. The molecule has 2 atom stereocenters. The Labute approximate surface area is 185 Å². The molecule has 4 aliphatic rings. The molecule has 168 valence electrons. The molecule has 3 aliphatic heterocycles. The van der Waals surface area contributed by atoms with Crippen LogP contribution in [0, 0.1) is 5.41 Å². The number of carbonyl (C=O) groups is 2. The van der Waals surface area contributed by atoms with Crippen molar-refractivity contribution in [3.05, 3.63) is 42.5 Å². The Morgan fingerprint density at radius 3 is 2.81 bits per heavy atom. The molecule has 0 aromatic heterocycles. The van der Waals surface area contributed by atoms with E-state index in [9.17, 15) is 9.59 Å². The second-order valence-electron chi connectivity index (χ2n) is 9.66. The summed E-state index contributed by atoms with van der Waals surface area (Å²) in [5.74, 6) is 1.38. The summed E-state index contributed by atoms with van der Waals surface area (Å²) < 4.78 is 12.5. The molecule has 1 saturated carbocycles. The van der Waals surface area contributed by atoms with Crippen LogP contribution in [0.5, 0.6) is 5.75 Å². The molecule has 1 saturated heterocycles. The van der Waals surface area contributed by atoms with Crippen molar-refractivity contribution in [2.45, 2.75) is 76.4 Å². The summed E-state index contributed by atoms with van der Waals surface area (Å²) in [5.41, 5.74) is 1.07. The number of benzene rings is 1. The van der Waals surface area contributed by atoms with Crippen LogP contribution in [-0.2, 0) is 14.3 Å². The van der Waals surface area contributed by atoms with E-state index in [1.165, 1.54) is 11.6 Å². The average molecular weight is 426 g/mol. The van der Waals surface area contributed by atoms with Crippen LogP contribution in [0.2, 0.25) is 0 Å². The fraction of sp³-hybridized carbons (Fsp3) is 0.615. The smallest absolute Gasteiger partial charge is 0.260 e. The zero-order valence-corrected chi connectivity index (χ0v) is 18.7. The Bertz CT molecular complexity index is 813. The fourth-order valence-electron chi connectivity index (χ4n) is 5.68. The number of hydrogen-bond donors (Lipinski definition) is 0. The highest BCUT2D eigenvalue weighted by Crippen LogP contribution is 2.42. The molecule has 5 nitrogen and oxygen atoms in total. The van der Waals surface area contributed by atoms with E-state index in [0.717, 1.165) is 57.2 Å². The van der Waals surface area contributed by atoms with Gasteiger partial charge in [-0.05, 0) is 74.0 Å². The van der Waals surface area contributed by atoms with Crippen LogP contribution in [0.15, 0.2) is 36.9 Å². The number of rotatable bonds is 4. The van der Waals surface area contributed by atoms with Crippen LogP contribution >= 0.6 is 0 Å². The quantitative estimate of drug-likeness (QED) is 0.659. The van der Waals surface area contributed by atoms with Crippen LogP contribution in [0.1, 0.15) is 69.8 Å². The van der Waals surface area contributed by atoms with E-state index in [0.29, 0.717) is 18.9 Å². The van der Waals surface area contributed by atoms with Crippen LogP contribution in [0.25, 0.3) is 0 Å². The van der Waals surface area contributed by atoms with Crippen molar-refractivity contribution in [2.75, 3.05) is 19.8 Å². The SMILES string of the molecule is C=CC(=O)CCC1(C)CCCN2C(=O)COc3ccccc3C3CCC(CC3)OCC21. The normalized spacial score (nSPS) is 31.3. The van der Waals surface area contributed by atoms with Crippen molar-refractivity contribution >= 4 is 11.7 Å². The number of piperidine rings is 1. The Hall–Kier alpha value is -2.14. The van der Waals surface area contributed by atoms with Crippen molar-refractivity contribution in [1.82, 2.24) is 4.90 Å². The van der Waals surface area contributed by atoms with E-state index in [2.05, 4.69) is 25.6 Å². The second kappa shape index (κ2) is 9.56. The van der Waals surface area contributed by atoms with Gasteiger partial charge in [0.25, 0.3) is 5.91 Å². The monoisotopic (exact) mass is 425 g/mol. The van der Waals surface area contributed by atoms with E-state index in [1.54, 1.807) is 0 Å². The standard InChI is InChI=1S/C26H35NO4/c1-3-20(28)13-15-26(2)14-6-16-27-24(26)17-30-21-11-9-19(10-12-21)22-7-4-5-8-23(22)31-18-25(27)29/h3-5,7-8,19,21,24H,1,6,9-18H2,2H3. The highest BCUT2D eigenvalue weighted by molar-refractivity contribution is 5.89. The van der Waals surface area contributed by atoms with E-state index >= 15 is 0 Å². The molecule has 1 amide bonds. The summed E-state index contributed by atoms with van der Waals surface area (Å²) in [7, 11) is 0. The summed E-state index contributed by atoms with van der Waals surface area (Å²) in [5, 5.41) is 0. The van der Waals surface area contributed by atoms with Crippen molar-refractivity contribution in [3.63, 3.8) is 0 Å². The third-order valence-corrected chi connectivity index (χ3v) is 7.69. The van der Waals surface area contributed by atoms with Gasteiger partial charge in [0.2, 0.25) is 0 Å². The first kappa shape index (κ1) is 22.1. The molecule has 2 unspecified atom stereocenters. The molecule has 2 fully saturated rings. The zero-order valence-electron chi connectivity index (χ0n) is 18.7. The van der Waals surface area contributed by atoms with Gasteiger partial charge in [-0.25, -0.2) is 0 Å². The number of fused-ring (bicyclic) bond motifs is 5. The maximum Gasteiger partial charge on any atom is 0.260 e. The predicted octanol–water partition coefficient (Wildman–Crippen LogP) is 4.65. The number of carbonyl (C=O) groups excluding carboxylic acids is 2. The Morgan fingerprint density at radius 2 is 2.03 bits per heavy atom.